The summed E-state index contributed by atoms with van der Waals surface area (Å²) < 4.78 is 0. The lowest BCUT2D eigenvalue weighted by Crippen LogP contribution is -2.41. The number of hydrogen-bond acceptors (Lipinski definition) is 4. The van der Waals surface area contributed by atoms with E-state index in [0.717, 1.165) is 36.0 Å². The number of thiazole rings is 1. The van der Waals surface area contributed by atoms with E-state index < -0.39 is 0 Å². The van der Waals surface area contributed by atoms with Gasteiger partial charge in [0.1, 0.15) is 5.01 Å². The van der Waals surface area contributed by atoms with Crippen LogP contribution in [0.25, 0.3) is 0 Å². The summed E-state index contributed by atoms with van der Waals surface area (Å²) in [6.45, 7) is 8.25. The molecule has 27 heavy (non-hydrogen) atoms. The molecule has 1 heterocycles. The zero-order chi connectivity index (χ0) is 18.8. The highest BCUT2D eigenvalue weighted by Crippen LogP contribution is 2.18. The van der Waals surface area contributed by atoms with Crippen LogP contribution >= 0.6 is 35.3 Å². The van der Waals surface area contributed by atoms with Crippen molar-refractivity contribution in [3.8, 4) is 0 Å². The van der Waals surface area contributed by atoms with Gasteiger partial charge in [-0.05, 0) is 25.7 Å². The number of nitrogens with zero attached hydrogens (tertiary/aromatic N) is 2. The highest BCUT2D eigenvalue weighted by atomic mass is 127. The molecule has 0 saturated heterocycles. The molecule has 1 aliphatic rings. The van der Waals surface area contributed by atoms with Gasteiger partial charge in [-0.2, -0.15) is 0 Å². The summed E-state index contributed by atoms with van der Waals surface area (Å²) in [5.41, 5.74) is 1.12. The number of aliphatic imine (C=N–C) groups is 1. The molecule has 1 aromatic rings. The van der Waals surface area contributed by atoms with Crippen molar-refractivity contribution in [1.29, 1.82) is 0 Å². The van der Waals surface area contributed by atoms with Crippen LogP contribution in [0.4, 0.5) is 0 Å². The van der Waals surface area contributed by atoms with E-state index in [4.69, 9.17) is 0 Å². The van der Waals surface area contributed by atoms with Crippen molar-refractivity contribution < 1.29 is 4.79 Å². The van der Waals surface area contributed by atoms with Crippen molar-refractivity contribution in [3.63, 3.8) is 0 Å². The van der Waals surface area contributed by atoms with Gasteiger partial charge in [-0.15, -0.1) is 35.3 Å². The first-order chi connectivity index (χ1) is 12.6. The second-order valence-electron chi connectivity index (χ2n) is 7.10. The van der Waals surface area contributed by atoms with Crippen molar-refractivity contribution in [2.24, 2.45) is 4.99 Å². The van der Waals surface area contributed by atoms with E-state index >= 15 is 0 Å². The van der Waals surface area contributed by atoms with Crippen molar-refractivity contribution in [2.45, 2.75) is 77.8 Å². The Morgan fingerprint density at radius 2 is 2.04 bits per heavy atom. The molecule has 1 amide bonds. The third kappa shape index (κ3) is 9.23. The maximum Gasteiger partial charge on any atom is 0.221 e. The maximum absolute atomic E-state index is 12.1. The molecule has 2 rings (SSSR count). The van der Waals surface area contributed by atoms with Crippen LogP contribution in [0.3, 0.4) is 0 Å². The fourth-order valence-electron chi connectivity index (χ4n) is 2.99. The SMILES string of the molecule is CCNC(=NCc1nc(C(C)C)cs1)NCCC(=O)NC1CCCCC1.I. The van der Waals surface area contributed by atoms with Crippen LogP contribution in [-0.2, 0) is 11.3 Å². The first-order valence-electron chi connectivity index (χ1n) is 9.84. The second-order valence-corrected chi connectivity index (χ2v) is 8.04. The number of halogens is 1. The Kier molecular flexibility index (Phi) is 11.9. The van der Waals surface area contributed by atoms with Crippen molar-refractivity contribution in [2.75, 3.05) is 13.1 Å². The first kappa shape index (κ1) is 24.1. The summed E-state index contributed by atoms with van der Waals surface area (Å²) in [7, 11) is 0. The fourth-order valence-corrected chi connectivity index (χ4v) is 3.87. The number of aromatic nitrogens is 1. The smallest absolute Gasteiger partial charge is 0.221 e. The van der Waals surface area contributed by atoms with Crippen LogP contribution in [0.5, 0.6) is 0 Å². The third-order valence-electron chi connectivity index (χ3n) is 4.49. The molecule has 0 radical (unpaired) electrons. The zero-order valence-electron chi connectivity index (χ0n) is 16.7. The molecule has 1 saturated carbocycles. The molecular weight excluding hydrogens is 473 g/mol. The van der Waals surface area contributed by atoms with E-state index in [0.29, 0.717) is 31.5 Å². The quantitative estimate of drug-likeness (QED) is 0.284. The van der Waals surface area contributed by atoms with Crippen LogP contribution in [0.15, 0.2) is 10.4 Å². The molecule has 8 heteroatoms. The average molecular weight is 507 g/mol. The van der Waals surface area contributed by atoms with Crippen LogP contribution in [0.2, 0.25) is 0 Å². The van der Waals surface area contributed by atoms with E-state index in [-0.39, 0.29) is 29.9 Å². The van der Waals surface area contributed by atoms with Gasteiger partial charge in [-0.25, -0.2) is 9.98 Å². The van der Waals surface area contributed by atoms with E-state index in [1.165, 1.54) is 19.3 Å². The first-order valence-corrected chi connectivity index (χ1v) is 10.7. The topological polar surface area (TPSA) is 78.4 Å². The minimum absolute atomic E-state index is 0. The van der Waals surface area contributed by atoms with E-state index in [1.54, 1.807) is 11.3 Å². The van der Waals surface area contributed by atoms with Gasteiger partial charge < -0.3 is 16.0 Å². The van der Waals surface area contributed by atoms with Crippen molar-refractivity contribution >= 4 is 47.2 Å². The number of guanidine groups is 1. The summed E-state index contributed by atoms with van der Waals surface area (Å²) in [6.07, 6.45) is 6.47. The molecule has 1 fully saturated rings. The molecular formula is C19H34IN5OS. The Morgan fingerprint density at radius 1 is 1.30 bits per heavy atom. The van der Waals surface area contributed by atoms with E-state index in [9.17, 15) is 4.79 Å². The number of carbonyl (C=O) groups is 1. The van der Waals surface area contributed by atoms with Crippen LogP contribution in [0, 0.1) is 0 Å². The second kappa shape index (κ2) is 13.3. The summed E-state index contributed by atoms with van der Waals surface area (Å²) in [5, 5.41) is 12.7. The summed E-state index contributed by atoms with van der Waals surface area (Å²) in [6, 6.07) is 0.373. The Hall–Kier alpha value is -0.900. The van der Waals surface area contributed by atoms with Crippen LogP contribution in [0.1, 0.15) is 75.9 Å². The average Bonchev–Trinajstić information content (AvgIpc) is 3.10. The molecule has 0 bridgehead atoms. The van der Waals surface area contributed by atoms with Gasteiger partial charge in [-0.1, -0.05) is 33.1 Å². The van der Waals surface area contributed by atoms with Gasteiger partial charge in [0, 0.05) is 30.9 Å². The lowest BCUT2D eigenvalue weighted by atomic mass is 9.95. The van der Waals surface area contributed by atoms with Crippen LogP contribution in [-0.4, -0.2) is 36.0 Å². The van der Waals surface area contributed by atoms with Gasteiger partial charge in [0.2, 0.25) is 5.91 Å². The van der Waals surface area contributed by atoms with Gasteiger partial charge in [0.15, 0.2) is 5.96 Å². The van der Waals surface area contributed by atoms with E-state index in [1.807, 2.05) is 6.92 Å². The molecule has 0 aromatic carbocycles. The molecule has 154 valence electrons. The molecule has 0 unspecified atom stereocenters. The summed E-state index contributed by atoms with van der Waals surface area (Å²) in [4.78, 5) is 21.3. The number of nitrogens with one attached hydrogen (secondary N) is 3. The van der Waals surface area contributed by atoms with Crippen LogP contribution < -0.4 is 16.0 Å². The Morgan fingerprint density at radius 3 is 2.67 bits per heavy atom. The molecule has 1 aromatic heterocycles. The summed E-state index contributed by atoms with van der Waals surface area (Å²) >= 11 is 1.65. The highest BCUT2D eigenvalue weighted by Gasteiger charge is 2.15. The largest absolute Gasteiger partial charge is 0.357 e. The number of amides is 1. The normalized spacial score (nSPS) is 15.3. The minimum Gasteiger partial charge on any atom is -0.357 e. The van der Waals surface area contributed by atoms with Crippen molar-refractivity contribution in [3.05, 3.63) is 16.1 Å². The Balaban J connectivity index is 0.00000364. The van der Waals surface area contributed by atoms with Gasteiger partial charge >= 0.3 is 0 Å². The number of carbonyl (C=O) groups excluding carboxylic acids is 1. The zero-order valence-corrected chi connectivity index (χ0v) is 19.9. The Labute approximate surface area is 184 Å². The van der Waals surface area contributed by atoms with Crippen molar-refractivity contribution in [1.82, 2.24) is 20.9 Å². The molecule has 0 spiro atoms. The summed E-state index contributed by atoms with van der Waals surface area (Å²) in [5.74, 6) is 1.30. The predicted octanol–water partition coefficient (Wildman–Crippen LogP) is 3.78. The predicted molar refractivity (Wildman–Crippen MR) is 124 cm³/mol. The third-order valence-corrected chi connectivity index (χ3v) is 5.34. The molecule has 0 atom stereocenters. The lowest BCUT2D eigenvalue weighted by Gasteiger charge is -2.22. The van der Waals surface area contributed by atoms with Gasteiger partial charge in [0.25, 0.3) is 0 Å². The lowest BCUT2D eigenvalue weighted by molar-refractivity contribution is -0.121. The molecule has 1 aliphatic carbocycles. The van der Waals surface area contributed by atoms with Gasteiger partial charge in [-0.3, -0.25) is 4.79 Å². The minimum atomic E-state index is 0. The Bertz CT molecular complexity index is 584. The fraction of sp³-hybridized carbons (Fsp3) is 0.737. The standard InChI is InChI=1S/C19H33N5OS.HI/c1-4-20-19(22-12-18-24-16(13-26-18)14(2)3)21-11-10-17(25)23-15-8-6-5-7-9-15;/h13-15H,4-12H2,1-3H3,(H,23,25)(H2,20,21,22);1H. The van der Waals surface area contributed by atoms with E-state index in [2.05, 4.69) is 45.2 Å². The maximum atomic E-state index is 12.1. The molecule has 0 aliphatic heterocycles. The number of hydrogen-bond donors (Lipinski definition) is 3. The highest BCUT2D eigenvalue weighted by molar-refractivity contribution is 14.0. The monoisotopic (exact) mass is 507 g/mol. The molecule has 3 N–H and O–H groups in total. The van der Waals surface area contributed by atoms with Gasteiger partial charge in [0.05, 0.1) is 12.2 Å². The number of rotatable bonds is 8. The molecule has 6 nitrogen and oxygen atoms in total.